The Labute approximate surface area is 107 Å². The van der Waals surface area contributed by atoms with Crippen molar-refractivity contribution in [3.05, 3.63) is 29.0 Å². The van der Waals surface area contributed by atoms with E-state index in [1.807, 2.05) is 13.0 Å². The molecule has 3 heteroatoms. The Balaban J connectivity index is 2.12. The number of nitrogens with zero attached hydrogens (tertiary/aromatic N) is 1. The van der Waals surface area contributed by atoms with E-state index in [0.717, 1.165) is 23.9 Å². The van der Waals surface area contributed by atoms with Gasteiger partial charge in [0.15, 0.2) is 0 Å². The molecule has 0 amide bonds. The molecule has 0 spiro atoms. The summed E-state index contributed by atoms with van der Waals surface area (Å²) in [4.78, 5) is 5.78. The molecule has 1 aromatic heterocycles. The molecule has 3 nitrogen and oxygen atoms in total. The Kier molecular flexibility index (Phi) is 2.59. The van der Waals surface area contributed by atoms with Crippen molar-refractivity contribution in [1.82, 2.24) is 9.88 Å². The van der Waals surface area contributed by atoms with Gasteiger partial charge in [0.2, 0.25) is 0 Å². The number of aromatic nitrogens is 1. The average molecular weight is 244 g/mol. The van der Waals surface area contributed by atoms with Gasteiger partial charge in [0.05, 0.1) is 0 Å². The van der Waals surface area contributed by atoms with Crippen molar-refractivity contribution in [1.29, 1.82) is 0 Å². The van der Waals surface area contributed by atoms with Gasteiger partial charge in [0, 0.05) is 28.7 Å². The summed E-state index contributed by atoms with van der Waals surface area (Å²) in [5.41, 5.74) is 4.82. The van der Waals surface area contributed by atoms with Crippen LogP contribution < -0.4 is 0 Å². The Morgan fingerprint density at radius 2 is 2.11 bits per heavy atom. The van der Waals surface area contributed by atoms with Gasteiger partial charge in [0.1, 0.15) is 5.75 Å². The second-order valence-electron chi connectivity index (χ2n) is 5.63. The van der Waals surface area contributed by atoms with E-state index in [4.69, 9.17) is 0 Å². The molecule has 1 unspecified atom stereocenters. The Hall–Kier alpha value is -1.48. The zero-order chi connectivity index (χ0) is 12.9. The van der Waals surface area contributed by atoms with Crippen molar-refractivity contribution < 1.29 is 5.11 Å². The van der Waals surface area contributed by atoms with Gasteiger partial charge in [-0.25, -0.2) is 0 Å². The number of H-pyrrole nitrogens is 1. The van der Waals surface area contributed by atoms with Gasteiger partial charge in [0.25, 0.3) is 0 Å². The van der Waals surface area contributed by atoms with Crippen LogP contribution in [-0.4, -0.2) is 35.1 Å². The molecule has 0 aliphatic heterocycles. The molecule has 1 heterocycles. The lowest BCUT2D eigenvalue weighted by Crippen LogP contribution is -2.33. The number of aromatic amines is 1. The molecular formula is C15H20N2O. The molecule has 3 rings (SSSR count). The number of nitrogens with one attached hydrogen (secondary N) is 1. The van der Waals surface area contributed by atoms with Gasteiger partial charge < -0.3 is 15.0 Å². The van der Waals surface area contributed by atoms with Gasteiger partial charge in [-0.1, -0.05) is 0 Å². The lowest BCUT2D eigenvalue weighted by Gasteiger charge is -2.28. The molecule has 1 atom stereocenters. The standard InChI is InChI=1S/C15H20N2O/c1-9-6-11-12-7-10(17(2)3)4-5-13(12)16-14(11)8-15(9)18/h6,8,10,16,18H,4-5,7H2,1-3H3. The number of hydrogen-bond donors (Lipinski definition) is 2. The highest BCUT2D eigenvalue weighted by molar-refractivity contribution is 5.87. The first-order chi connectivity index (χ1) is 8.56. The van der Waals surface area contributed by atoms with E-state index < -0.39 is 0 Å². The fourth-order valence-corrected chi connectivity index (χ4v) is 2.99. The molecule has 18 heavy (non-hydrogen) atoms. The van der Waals surface area contributed by atoms with Crippen molar-refractivity contribution in [2.24, 2.45) is 0 Å². The summed E-state index contributed by atoms with van der Waals surface area (Å²) in [5.74, 6) is 0.380. The van der Waals surface area contributed by atoms with Crippen LogP contribution in [0.4, 0.5) is 0 Å². The summed E-state index contributed by atoms with van der Waals surface area (Å²) >= 11 is 0. The Morgan fingerprint density at radius 1 is 1.33 bits per heavy atom. The van der Waals surface area contributed by atoms with Crippen molar-refractivity contribution in [3.8, 4) is 5.75 Å². The van der Waals surface area contributed by atoms with E-state index in [-0.39, 0.29) is 0 Å². The number of aromatic hydroxyl groups is 1. The number of phenols is 1. The van der Waals surface area contributed by atoms with Gasteiger partial charge in [-0.05, 0) is 57.5 Å². The maximum atomic E-state index is 9.79. The minimum absolute atomic E-state index is 0.380. The number of benzene rings is 1. The zero-order valence-corrected chi connectivity index (χ0v) is 11.2. The van der Waals surface area contributed by atoms with Crippen LogP contribution in [0.5, 0.6) is 5.75 Å². The fourth-order valence-electron chi connectivity index (χ4n) is 2.99. The number of phenolic OH excluding ortho intramolecular Hbond substituents is 1. The summed E-state index contributed by atoms with van der Waals surface area (Å²) in [7, 11) is 4.31. The second-order valence-corrected chi connectivity index (χ2v) is 5.63. The van der Waals surface area contributed by atoms with Crippen molar-refractivity contribution in [2.45, 2.75) is 32.2 Å². The van der Waals surface area contributed by atoms with Gasteiger partial charge in [-0.15, -0.1) is 0 Å². The van der Waals surface area contributed by atoms with Crippen molar-refractivity contribution in [3.63, 3.8) is 0 Å². The maximum absolute atomic E-state index is 9.79. The van der Waals surface area contributed by atoms with Gasteiger partial charge in [-0.2, -0.15) is 0 Å². The van der Waals surface area contributed by atoms with Crippen LogP contribution in [-0.2, 0) is 12.8 Å². The largest absolute Gasteiger partial charge is 0.508 e. The highest BCUT2D eigenvalue weighted by Crippen LogP contribution is 2.33. The van der Waals surface area contributed by atoms with Crippen LogP contribution in [0.25, 0.3) is 10.9 Å². The maximum Gasteiger partial charge on any atom is 0.120 e. The Morgan fingerprint density at radius 3 is 2.83 bits per heavy atom. The summed E-state index contributed by atoms with van der Waals surface area (Å²) in [6.45, 7) is 1.96. The lowest BCUT2D eigenvalue weighted by atomic mass is 9.90. The summed E-state index contributed by atoms with van der Waals surface area (Å²) < 4.78 is 0. The number of fused-ring (bicyclic) bond motifs is 3. The van der Waals surface area contributed by atoms with E-state index in [9.17, 15) is 5.11 Å². The third-order valence-corrected chi connectivity index (χ3v) is 4.21. The molecule has 1 aliphatic rings. The number of hydrogen-bond acceptors (Lipinski definition) is 2. The molecule has 1 aromatic carbocycles. The predicted octanol–water partition coefficient (Wildman–Crippen LogP) is 2.60. The predicted molar refractivity (Wildman–Crippen MR) is 74.2 cm³/mol. The molecule has 0 radical (unpaired) electrons. The number of aryl methyl sites for hydroxylation is 2. The molecule has 0 bridgehead atoms. The van der Waals surface area contributed by atoms with Crippen molar-refractivity contribution in [2.75, 3.05) is 14.1 Å². The van der Waals surface area contributed by atoms with Crippen LogP contribution in [0.2, 0.25) is 0 Å². The van der Waals surface area contributed by atoms with E-state index in [1.54, 1.807) is 0 Å². The quantitative estimate of drug-likeness (QED) is 0.809. The van der Waals surface area contributed by atoms with Gasteiger partial charge in [-0.3, -0.25) is 0 Å². The fraction of sp³-hybridized carbons (Fsp3) is 0.467. The smallest absolute Gasteiger partial charge is 0.120 e. The number of rotatable bonds is 1. The normalized spacial score (nSPS) is 19.4. The monoisotopic (exact) mass is 244 g/mol. The van der Waals surface area contributed by atoms with Crippen LogP contribution >= 0.6 is 0 Å². The highest BCUT2D eigenvalue weighted by Gasteiger charge is 2.23. The lowest BCUT2D eigenvalue weighted by molar-refractivity contribution is 0.268. The van der Waals surface area contributed by atoms with Gasteiger partial charge >= 0.3 is 0 Å². The summed E-state index contributed by atoms with van der Waals surface area (Å²) in [6.07, 6.45) is 3.41. The second kappa shape index (κ2) is 4.02. The minimum Gasteiger partial charge on any atom is -0.508 e. The molecular weight excluding hydrogens is 224 g/mol. The molecule has 0 saturated heterocycles. The molecule has 2 N–H and O–H groups in total. The third kappa shape index (κ3) is 1.70. The first-order valence-electron chi connectivity index (χ1n) is 6.55. The van der Waals surface area contributed by atoms with Crippen molar-refractivity contribution >= 4 is 10.9 Å². The average Bonchev–Trinajstić information content (AvgIpc) is 2.66. The highest BCUT2D eigenvalue weighted by atomic mass is 16.3. The van der Waals surface area contributed by atoms with E-state index in [0.29, 0.717) is 11.8 Å². The topological polar surface area (TPSA) is 39.3 Å². The molecule has 1 aliphatic carbocycles. The number of likely N-dealkylation sites (N-methyl/N-ethyl adjacent to an activating group) is 1. The summed E-state index contributed by atoms with van der Waals surface area (Å²) in [5, 5.41) is 11.1. The zero-order valence-electron chi connectivity index (χ0n) is 11.2. The van der Waals surface area contributed by atoms with E-state index >= 15 is 0 Å². The SMILES string of the molecule is Cc1cc2c3c([nH]c2cc1O)CCC(N(C)C)C3. The minimum atomic E-state index is 0.380. The molecule has 96 valence electrons. The van der Waals surface area contributed by atoms with Crippen LogP contribution in [0, 0.1) is 6.92 Å². The van der Waals surface area contributed by atoms with E-state index in [2.05, 4.69) is 30.0 Å². The van der Waals surface area contributed by atoms with Crippen LogP contribution in [0.1, 0.15) is 23.2 Å². The molecule has 0 saturated carbocycles. The van der Waals surface area contributed by atoms with E-state index in [1.165, 1.54) is 23.1 Å². The molecule has 0 fully saturated rings. The summed E-state index contributed by atoms with van der Waals surface area (Å²) in [6, 6.07) is 4.59. The molecule has 2 aromatic rings. The first-order valence-corrected chi connectivity index (χ1v) is 6.55. The Bertz CT molecular complexity index is 598. The third-order valence-electron chi connectivity index (χ3n) is 4.21. The first kappa shape index (κ1) is 11.6. The van der Waals surface area contributed by atoms with Crippen LogP contribution in [0.15, 0.2) is 12.1 Å². The van der Waals surface area contributed by atoms with Crippen LogP contribution in [0.3, 0.4) is 0 Å².